The van der Waals surface area contributed by atoms with Gasteiger partial charge in [0.1, 0.15) is 0 Å². The number of ether oxygens (including phenoxy) is 1. The number of carbonyl (C=O) groups is 1. The minimum Gasteiger partial charge on any atom is -0.468 e. The lowest BCUT2D eigenvalue weighted by molar-refractivity contribution is -0.146. The molecule has 3 heteroatoms. The highest BCUT2D eigenvalue weighted by Gasteiger charge is 2.33. The van der Waals surface area contributed by atoms with Gasteiger partial charge in [-0.1, -0.05) is 18.2 Å². The average Bonchev–Trinajstić information content (AvgIpc) is 2.67. The molecular formula is C14H17NO2. The molecule has 0 saturated heterocycles. The smallest absolute Gasteiger partial charge is 0.315 e. The van der Waals surface area contributed by atoms with E-state index < -0.39 is 5.41 Å². The Bertz CT molecular complexity index is 567. The molecule has 0 aliphatic carbocycles. The Morgan fingerprint density at radius 2 is 1.94 bits per heavy atom. The maximum atomic E-state index is 11.9. The first-order chi connectivity index (χ1) is 7.98. The summed E-state index contributed by atoms with van der Waals surface area (Å²) in [5.74, 6) is -0.214. The summed E-state index contributed by atoms with van der Waals surface area (Å²) in [6.07, 6.45) is 2.00. The number of aryl methyl sites for hydroxylation is 1. The topological polar surface area (TPSA) is 31.2 Å². The minimum absolute atomic E-state index is 0.214. The van der Waals surface area contributed by atoms with E-state index in [-0.39, 0.29) is 5.97 Å². The second-order valence-corrected chi connectivity index (χ2v) is 4.79. The molecule has 1 heterocycles. The maximum Gasteiger partial charge on any atom is 0.315 e. The van der Waals surface area contributed by atoms with Gasteiger partial charge in [0.05, 0.1) is 12.5 Å². The van der Waals surface area contributed by atoms with Crippen molar-refractivity contribution in [1.82, 2.24) is 4.57 Å². The standard InChI is InChI=1S/C14H17NO2/c1-14(2,13(16)17-4)11-9-15(3)12-8-6-5-7-10(11)12/h5-9H,1-4H3. The molecule has 0 saturated carbocycles. The fraction of sp³-hybridized carbons (Fsp3) is 0.357. The molecular weight excluding hydrogens is 214 g/mol. The number of nitrogens with zero attached hydrogens (tertiary/aromatic N) is 1. The summed E-state index contributed by atoms with van der Waals surface area (Å²) in [5, 5.41) is 1.10. The number of para-hydroxylation sites is 1. The van der Waals surface area contributed by atoms with Crippen LogP contribution in [0.5, 0.6) is 0 Å². The fourth-order valence-electron chi connectivity index (χ4n) is 2.20. The third-order valence-electron chi connectivity index (χ3n) is 3.27. The number of methoxy groups -OCH3 is 1. The predicted octanol–water partition coefficient (Wildman–Crippen LogP) is 2.63. The SMILES string of the molecule is COC(=O)C(C)(C)c1cn(C)c2ccccc12. The van der Waals surface area contributed by atoms with E-state index >= 15 is 0 Å². The average molecular weight is 231 g/mol. The molecule has 0 bridgehead atoms. The highest BCUT2D eigenvalue weighted by Crippen LogP contribution is 2.32. The quantitative estimate of drug-likeness (QED) is 0.744. The zero-order valence-corrected chi connectivity index (χ0v) is 10.7. The van der Waals surface area contributed by atoms with Gasteiger partial charge >= 0.3 is 5.97 Å². The van der Waals surface area contributed by atoms with E-state index in [9.17, 15) is 4.79 Å². The van der Waals surface area contributed by atoms with Crippen LogP contribution in [0.25, 0.3) is 10.9 Å². The molecule has 1 aromatic heterocycles. The Morgan fingerprint density at radius 3 is 2.59 bits per heavy atom. The molecule has 0 radical (unpaired) electrons. The second kappa shape index (κ2) is 3.91. The van der Waals surface area contributed by atoms with Crippen molar-refractivity contribution in [2.24, 2.45) is 7.05 Å². The van der Waals surface area contributed by atoms with Crippen LogP contribution in [0.15, 0.2) is 30.5 Å². The molecule has 0 fully saturated rings. The fourth-order valence-corrected chi connectivity index (χ4v) is 2.20. The molecule has 0 atom stereocenters. The molecule has 1 aromatic carbocycles. The monoisotopic (exact) mass is 231 g/mol. The summed E-state index contributed by atoms with van der Waals surface area (Å²) in [6, 6.07) is 8.07. The number of carbonyl (C=O) groups excluding carboxylic acids is 1. The zero-order chi connectivity index (χ0) is 12.6. The highest BCUT2D eigenvalue weighted by atomic mass is 16.5. The van der Waals surface area contributed by atoms with E-state index in [0.29, 0.717) is 0 Å². The summed E-state index contributed by atoms with van der Waals surface area (Å²) in [5.41, 5.74) is 1.50. The van der Waals surface area contributed by atoms with Crippen LogP contribution in [0.1, 0.15) is 19.4 Å². The number of fused-ring (bicyclic) bond motifs is 1. The van der Waals surface area contributed by atoms with Crippen molar-refractivity contribution in [2.45, 2.75) is 19.3 Å². The highest BCUT2D eigenvalue weighted by molar-refractivity contribution is 5.92. The summed E-state index contributed by atoms with van der Waals surface area (Å²) in [7, 11) is 3.41. The van der Waals surface area contributed by atoms with E-state index in [2.05, 4.69) is 0 Å². The molecule has 0 unspecified atom stereocenters. The Morgan fingerprint density at radius 1 is 1.29 bits per heavy atom. The van der Waals surface area contributed by atoms with Crippen molar-refractivity contribution in [3.63, 3.8) is 0 Å². The van der Waals surface area contributed by atoms with Gasteiger partial charge in [0, 0.05) is 24.1 Å². The third-order valence-corrected chi connectivity index (χ3v) is 3.27. The number of rotatable bonds is 2. The van der Waals surface area contributed by atoms with Crippen LogP contribution in [-0.4, -0.2) is 17.6 Å². The zero-order valence-electron chi connectivity index (χ0n) is 10.7. The lowest BCUT2D eigenvalue weighted by Crippen LogP contribution is -2.29. The van der Waals surface area contributed by atoms with Crippen LogP contribution in [0.3, 0.4) is 0 Å². The summed E-state index contributed by atoms with van der Waals surface area (Å²) >= 11 is 0. The van der Waals surface area contributed by atoms with Gasteiger partial charge in [-0.3, -0.25) is 4.79 Å². The van der Waals surface area contributed by atoms with Crippen molar-refractivity contribution < 1.29 is 9.53 Å². The number of aromatic nitrogens is 1. The lowest BCUT2D eigenvalue weighted by atomic mass is 9.84. The van der Waals surface area contributed by atoms with Crippen molar-refractivity contribution in [3.05, 3.63) is 36.0 Å². The first-order valence-corrected chi connectivity index (χ1v) is 5.61. The van der Waals surface area contributed by atoms with Gasteiger partial charge in [0.25, 0.3) is 0 Å². The largest absolute Gasteiger partial charge is 0.468 e. The van der Waals surface area contributed by atoms with Crippen LogP contribution < -0.4 is 0 Å². The molecule has 0 aliphatic heterocycles. The number of benzene rings is 1. The van der Waals surface area contributed by atoms with Gasteiger partial charge in [0.15, 0.2) is 0 Å². The van der Waals surface area contributed by atoms with Gasteiger partial charge in [-0.05, 0) is 25.5 Å². The van der Waals surface area contributed by atoms with E-state index in [0.717, 1.165) is 16.5 Å². The molecule has 90 valence electrons. The molecule has 0 spiro atoms. The summed E-state index contributed by atoms with van der Waals surface area (Å²) in [4.78, 5) is 11.9. The first kappa shape index (κ1) is 11.7. The van der Waals surface area contributed by atoms with Gasteiger partial charge < -0.3 is 9.30 Å². The van der Waals surface area contributed by atoms with Crippen LogP contribution in [0.4, 0.5) is 0 Å². The number of esters is 1. The summed E-state index contributed by atoms with van der Waals surface area (Å²) < 4.78 is 6.92. The minimum atomic E-state index is -0.629. The van der Waals surface area contributed by atoms with E-state index in [1.807, 2.05) is 55.9 Å². The van der Waals surface area contributed by atoms with Gasteiger partial charge in [0.2, 0.25) is 0 Å². The van der Waals surface area contributed by atoms with Crippen LogP contribution in [-0.2, 0) is 22.0 Å². The summed E-state index contributed by atoms with van der Waals surface area (Å²) in [6.45, 7) is 3.78. The van der Waals surface area contributed by atoms with E-state index in [4.69, 9.17) is 4.74 Å². The maximum absolute atomic E-state index is 11.9. The Balaban J connectivity index is 2.68. The molecule has 17 heavy (non-hydrogen) atoms. The van der Waals surface area contributed by atoms with Gasteiger partial charge in [-0.15, -0.1) is 0 Å². The third kappa shape index (κ3) is 1.71. The van der Waals surface area contributed by atoms with E-state index in [1.165, 1.54) is 7.11 Å². The number of hydrogen-bond acceptors (Lipinski definition) is 2. The first-order valence-electron chi connectivity index (χ1n) is 5.61. The Kier molecular flexibility index (Phi) is 2.69. The number of hydrogen-bond donors (Lipinski definition) is 0. The molecule has 2 aromatic rings. The Labute approximate surface area is 101 Å². The second-order valence-electron chi connectivity index (χ2n) is 4.79. The van der Waals surface area contributed by atoms with Crippen molar-refractivity contribution in [2.75, 3.05) is 7.11 Å². The van der Waals surface area contributed by atoms with Gasteiger partial charge in [-0.25, -0.2) is 0 Å². The van der Waals surface area contributed by atoms with Crippen molar-refractivity contribution in [3.8, 4) is 0 Å². The van der Waals surface area contributed by atoms with Gasteiger partial charge in [-0.2, -0.15) is 0 Å². The molecule has 3 nitrogen and oxygen atoms in total. The van der Waals surface area contributed by atoms with Crippen LogP contribution >= 0.6 is 0 Å². The molecule has 0 amide bonds. The predicted molar refractivity (Wildman–Crippen MR) is 68.0 cm³/mol. The van der Waals surface area contributed by atoms with Crippen molar-refractivity contribution >= 4 is 16.9 Å². The van der Waals surface area contributed by atoms with Crippen LogP contribution in [0.2, 0.25) is 0 Å². The Hall–Kier alpha value is -1.77. The van der Waals surface area contributed by atoms with Crippen molar-refractivity contribution in [1.29, 1.82) is 0 Å². The van der Waals surface area contributed by atoms with Crippen LogP contribution in [0, 0.1) is 0 Å². The molecule has 2 rings (SSSR count). The molecule has 0 aliphatic rings. The van der Waals surface area contributed by atoms with E-state index in [1.54, 1.807) is 0 Å². The normalized spacial score (nSPS) is 11.8. The molecule has 0 N–H and O–H groups in total. The lowest BCUT2D eigenvalue weighted by Gasteiger charge is -2.20.